The first-order valence-electron chi connectivity index (χ1n) is 32.6. The lowest BCUT2D eigenvalue weighted by atomic mass is 10.0. The van der Waals surface area contributed by atoms with E-state index in [1.54, 1.807) is 0 Å². The topological polar surface area (TPSA) is 237 Å². The van der Waals surface area contributed by atoms with Crippen LogP contribution in [-0.4, -0.2) is 96.7 Å². The molecule has 19 heteroatoms. The van der Waals surface area contributed by atoms with Gasteiger partial charge in [-0.15, -0.1) is 0 Å². The second kappa shape index (κ2) is 55.9. The van der Waals surface area contributed by atoms with Crippen LogP contribution in [0.1, 0.15) is 311 Å². The fourth-order valence-corrected chi connectivity index (χ4v) is 10.8. The Labute approximate surface area is 492 Å². The molecule has 0 bridgehead atoms. The fourth-order valence-electron chi connectivity index (χ4n) is 9.23. The van der Waals surface area contributed by atoms with E-state index >= 15 is 0 Å². The van der Waals surface area contributed by atoms with Gasteiger partial charge in [0.1, 0.15) is 19.3 Å². The molecule has 0 saturated heterocycles. The summed E-state index contributed by atoms with van der Waals surface area (Å²) in [6.45, 7) is 6.99. The number of carbonyl (C=O) groups is 4. The zero-order chi connectivity index (χ0) is 59.9. The maximum atomic E-state index is 12.9. The van der Waals surface area contributed by atoms with Gasteiger partial charge in [-0.1, -0.05) is 259 Å². The summed E-state index contributed by atoms with van der Waals surface area (Å²) >= 11 is 0. The molecule has 0 radical (unpaired) electrons. The van der Waals surface area contributed by atoms with E-state index in [4.69, 9.17) is 37.0 Å². The quantitative estimate of drug-likeness (QED) is 0.0222. The van der Waals surface area contributed by atoms with Crippen LogP contribution in [0.15, 0.2) is 0 Å². The average Bonchev–Trinajstić information content (AvgIpc) is 3.43. The molecule has 3 N–H and O–H groups in total. The van der Waals surface area contributed by atoms with E-state index in [1.165, 1.54) is 122 Å². The van der Waals surface area contributed by atoms with Crippen molar-refractivity contribution in [3.63, 3.8) is 0 Å². The number of phosphoric ester groups is 2. The Morgan fingerprint density at radius 3 is 0.840 bits per heavy atom. The third-order valence-corrected chi connectivity index (χ3v) is 16.2. The van der Waals surface area contributed by atoms with Gasteiger partial charge in [-0.3, -0.25) is 37.3 Å². The van der Waals surface area contributed by atoms with Gasteiger partial charge >= 0.3 is 39.5 Å². The van der Waals surface area contributed by atoms with E-state index in [1.807, 2.05) is 0 Å². The van der Waals surface area contributed by atoms with Gasteiger partial charge in [0, 0.05) is 25.7 Å². The monoisotopic (exact) mass is 1200 g/mol. The second-order valence-corrected chi connectivity index (χ2v) is 25.8. The molecule has 0 aliphatic rings. The highest BCUT2D eigenvalue weighted by Crippen LogP contribution is 2.45. The minimum Gasteiger partial charge on any atom is -0.462 e. The molecule has 81 heavy (non-hydrogen) atoms. The van der Waals surface area contributed by atoms with E-state index in [0.29, 0.717) is 31.6 Å². The van der Waals surface area contributed by atoms with Gasteiger partial charge in [-0.2, -0.15) is 0 Å². The zero-order valence-corrected chi connectivity index (χ0v) is 53.7. The predicted molar refractivity (Wildman–Crippen MR) is 322 cm³/mol. The number of carbonyl (C=O) groups excluding carboxylic acids is 4. The summed E-state index contributed by atoms with van der Waals surface area (Å²) in [5, 5.41) is 10.5. The number of aliphatic hydroxyl groups is 1. The first kappa shape index (κ1) is 79.1. The molecule has 17 nitrogen and oxygen atoms in total. The number of phosphoric acid groups is 2. The molecule has 0 amide bonds. The summed E-state index contributed by atoms with van der Waals surface area (Å²) in [4.78, 5) is 71.8. The van der Waals surface area contributed by atoms with Gasteiger partial charge in [0.05, 0.1) is 26.4 Å². The predicted octanol–water partition coefficient (Wildman–Crippen LogP) is 17.0. The lowest BCUT2D eigenvalue weighted by molar-refractivity contribution is -0.161. The number of unbranched alkanes of at least 4 members (excludes halogenated alkanes) is 34. The number of hydrogen-bond acceptors (Lipinski definition) is 15. The van der Waals surface area contributed by atoms with Crippen LogP contribution >= 0.6 is 15.6 Å². The summed E-state index contributed by atoms with van der Waals surface area (Å²) < 4.78 is 67.6. The van der Waals surface area contributed by atoms with Gasteiger partial charge in [0.25, 0.3) is 0 Å². The van der Waals surface area contributed by atoms with E-state index in [-0.39, 0.29) is 25.7 Å². The molecule has 0 fully saturated rings. The number of hydrogen-bond donors (Lipinski definition) is 3. The fraction of sp³-hybridized carbons (Fsp3) is 0.935. The summed E-state index contributed by atoms with van der Waals surface area (Å²) in [5.74, 6) is -1.47. The van der Waals surface area contributed by atoms with Crippen molar-refractivity contribution in [1.29, 1.82) is 0 Å². The van der Waals surface area contributed by atoms with Gasteiger partial charge in [0.15, 0.2) is 12.2 Å². The lowest BCUT2D eigenvalue weighted by Crippen LogP contribution is -2.30. The second-order valence-electron chi connectivity index (χ2n) is 22.9. The third-order valence-electron chi connectivity index (χ3n) is 14.3. The van der Waals surface area contributed by atoms with Crippen molar-refractivity contribution in [3.8, 4) is 0 Å². The molecule has 480 valence electrons. The van der Waals surface area contributed by atoms with Crippen LogP contribution in [0.2, 0.25) is 0 Å². The van der Waals surface area contributed by atoms with Crippen LogP contribution in [0.3, 0.4) is 0 Å². The molecule has 0 spiro atoms. The highest BCUT2D eigenvalue weighted by molar-refractivity contribution is 7.47. The van der Waals surface area contributed by atoms with Crippen molar-refractivity contribution in [1.82, 2.24) is 0 Å². The molecule has 0 saturated carbocycles. The van der Waals surface area contributed by atoms with Gasteiger partial charge in [-0.25, -0.2) is 9.13 Å². The molecule has 0 aromatic carbocycles. The number of ether oxygens (including phenoxy) is 4. The number of rotatable bonds is 62. The smallest absolute Gasteiger partial charge is 0.462 e. The van der Waals surface area contributed by atoms with Crippen LogP contribution in [0, 0.1) is 5.92 Å². The van der Waals surface area contributed by atoms with Crippen LogP contribution in [0.4, 0.5) is 0 Å². The van der Waals surface area contributed by atoms with Crippen LogP contribution in [0.25, 0.3) is 0 Å². The standard InChI is InChI=1S/C62H120O17P2/c1-6-9-12-15-17-19-20-21-22-23-24-25-26-27-29-31-38-43-48-62(67)79-58(52-73-60(65)46-41-36-33-32-35-39-44-55(4)5)54-77-81(70,71)75-50-56(63)49-74-80(68,69)76-53-57(51-72-59(64)45-40-34-14-11-8-3)78-61(66)47-42-37-30-28-18-16-13-10-7-2/h55-58,63H,6-54H2,1-5H3,(H,68,69)(H,70,71)/t56-,57+,58+/m0/s1. The van der Waals surface area contributed by atoms with Crippen LogP contribution in [-0.2, 0) is 65.4 Å². The molecule has 0 aliphatic heterocycles. The number of aliphatic hydroxyl groups excluding tert-OH is 1. The molecular weight excluding hydrogens is 1080 g/mol. The van der Waals surface area contributed by atoms with Crippen LogP contribution in [0.5, 0.6) is 0 Å². The van der Waals surface area contributed by atoms with Crippen molar-refractivity contribution < 1.29 is 80.2 Å². The maximum Gasteiger partial charge on any atom is 0.472 e. The van der Waals surface area contributed by atoms with Crippen molar-refractivity contribution >= 4 is 39.5 Å². The van der Waals surface area contributed by atoms with E-state index in [2.05, 4.69) is 34.6 Å². The molecule has 0 aromatic heterocycles. The maximum absolute atomic E-state index is 12.9. The Hall–Kier alpha value is -1.94. The lowest BCUT2D eigenvalue weighted by Gasteiger charge is -2.21. The molecule has 0 rings (SSSR count). The average molecular weight is 1200 g/mol. The molecule has 0 heterocycles. The Bertz CT molecular complexity index is 1580. The normalized spacial score (nSPS) is 14.3. The highest BCUT2D eigenvalue weighted by Gasteiger charge is 2.30. The van der Waals surface area contributed by atoms with Gasteiger partial charge < -0.3 is 33.8 Å². The first-order valence-corrected chi connectivity index (χ1v) is 35.6. The summed E-state index contributed by atoms with van der Waals surface area (Å²) in [6.07, 6.45) is 39.6. The Kier molecular flexibility index (Phi) is 54.6. The van der Waals surface area contributed by atoms with Gasteiger partial charge in [-0.05, 0) is 31.6 Å². The summed E-state index contributed by atoms with van der Waals surface area (Å²) in [5.41, 5.74) is 0. The Morgan fingerprint density at radius 1 is 0.333 bits per heavy atom. The minimum atomic E-state index is -4.94. The van der Waals surface area contributed by atoms with E-state index in [0.717, 1.165) is 103 Å². The molecule has 0 aliphatic carbocycles. The largest absolute Gasteiger partial charge is 0.472 e. The molecule has 2 unspecified atom stereocenters. The molecular formula is C62H120O17P2. The van der Waals surface area contributed by atoms with Crippen molar-refractivity contribution in [2.75, 3.05) is 39.6 Å². The zero-order valence-electron chi connectivity index (χ0n) is 51.9. The Balaban J connectivity index is 5.11. The van der Waals surface area contributed by atoms with E-state index < -0.39 is 97.5 Å². The summed E-state index contributed by atoms with van der Waals surface area (Å²) in [6, 6.07) is 0. The van der Waals surface area contributed by atoms with Crippen molar-refractivity contribution in [2.24, 2.45) is 5.92 Å². The van der Waals surface area contributed by atoms with E-state index in [9.17, 15) is 43.2 Å². The van der Waals surface area contributed by atoms with Crippen LogP contribution < -0.4 is 0 Å². The van der Waals surface area contributed by atoms with Gasteiger partial charge in [0.2, 0.25) is 0 Å². The first-order chi connectivity index (χ1) is 39.0. The Morgan fingerprint density at radius 2 is 0.568 bits per heavy atom. The SMILES string of the molecule is CCCCCCCCCCCCCCCCCCCCC(=O)O[C@H](COC(=O)CCCCCCCCC(C)C)COP(=O)(O)OC[C@@H](O)COP(=O)(O)OC[C@@H](COC(=O)CCCCCCC)OC(=O)CCCCCCCCCCC. The van der Waals surface area contributed by atoms with Crippen molar-refractivity contribution in [2.45, 2.75) is 329 Å². The third kappa shape index (κ3) is 56.9. The molecule has 0 aromatic rings. The highest BCUT2D eigenvalue weighted by atomic mass is 31.2. The number of esters is 4. The summed E-state index contributed by atoms with van der Waals surface area (Å²) in [7, 11) is -9.87. The minimum absolute atomic E-state index is 0.105. The molecule has 5 atom stereocenters. The van der Waals surface area contributed by atoms with Crippen molar-refractivity contribution in [3.05, 3.63) is 0 Å².